The van der Waals surface area contributed by atoms with E-state index in [0.717, 1.165) is 16.7 Å². The van der Waals surface area contributed by atoms with Gasteiger partial charge >= 0.3 is 0 Å². The lowest BCUT2D eigenvalue weighted by Crippen LogP contribution is -2.41. The normalized spacial score (nSPS) is 15.0. The smallest absolute Gasteiger partial charge is 0.294 e. The van der Waals surface area contributed by atoms with Crippen LogP contribution < -0.4 is 4.90 Å². The molecule has 4 aromatic rings. The number of anilines is 1. The minimum Gasteiger partial charge on any atom is -0.459 e. The first kappa shape index (κ1) is 16.7. The van der Waals surface area contributed by atoms with Gasteiger partial charge in [0.15, 0.2) is 11.5 Å². The van der Waals surface area contributed by atoms with E-state index in [1.54, 1.807) is 23.1 Å². The Labute approximate surface area is 165 Å². The number of benzene rings is 2. The molecule has 1 atom stereocenters. The van der Waals surface area contributed by atoms with E-state index in [1.165, 1.54) is 17.6 Å². The molecule has 1 aliphatic heterocycles. The second-order valence-electron chi connectivity index (χ2n) is 6.50. The van der Waals surface area contributed by atoms with Gasteiger partial charge in [0.2, 0.25) is 0 Å². The predicted octanol–water partition coefficient (Wildman–Crippen LogP) is 5.59. The maximum atomic E-state index is 13.5. The number of carbonyl (C=O) groups is 2. The summed E-state index contributed by atoms with van der Waals surface area (Å²) in [5.74, 6) is -0.225. The van der Waals surface area contributed by atoms with Crippen LogP contribution in [0.3, 0.4) is 0 Å². The lowest BCUT2D eigenvalue weighted by atomic mass is 9.85. The van der Waals surface area contributed by atoms with Gasteiger partial charge in [-0.2, -0.15) is 0 Å². The molecule has 1 aliphatic rings. The Kier molecular flexibility index (Phi) is 3.95. The van der Waals surface area contributed by atoms with Gasteiger partial charge in [-0.25, -0.2) is 0 Å². The third-order valence-electron chi connectivity index (χ3n) is 4.93. The van der Waals surface area contributed by atoms with Crippen molar-refractivity contribution in [3.63, 3.8) is 0 Å². The largest absolute Gasteiger partial charge is 0.459 e. The van der Waals surface area contributed by atoms with Gasteiger partial charge in [-0.15, -0.1) is 11.3 Å². The van der Waals surface area contributed by atoms with Gasteiger partial charge in [0.25, 0.3) is 5.91 Å². The summed E-state index contributed by atoms with van der Waals surface area (Å²) in [6.45, 7) is 0. The molecule has 28 heavy (non-hydrogen) atoms. The van der Waals surface area contributed by atoms with Crippen LogP contribution in [0.2, 0.25) is 0 Å². The topological polar surface area (TPSA) is 50.5 Å². The molecule has 136 valence electrons. The van der Waals surface area contributed by atoms with E-state index < -0.39 is 6.04 Å². The fraction of sp³-hybridized carbons (Fsp3) is 0.0435. The van der Waals surface area contributed by atoms with Crippen LogP contribution in [0.25, 0.3) is 11.1 Å². The number of fused-ring (bicyclic) bond motifs is 3. The summed E-state index contributed by atoms with van der Waals surface area (Å²) in [5.41, 5.74) is 3.42. The molecule has 0 N–H and O–H groups in total. The highest BCUT2D eigenvalue weighted by Gasteiger charge is 2.40. The van der Waals surface area contributed by atoms with Crippen LogP contribution in [0, 0.1) is 0 Å². The van der Waals surface area contributed by atoms with Crippen LogP contribution in [0.1, 0.15) is 31.8 Å². The molecule has 0 fully saturated rings. The third kappa shape index (κ3) is 2.52. The molecule has 3 heterocycles. The number of hydrogen-bond donors (Lipinski definition) is 0. The fourth-order valence-corrected chi connectivity index (χ4v) is 4.42. The minimum atomic E-state index is -0.748. The molecule has 0 spiro atoms. The quantitative estimate of drug-likeness (QED) is 0.432. The summed E-state index contributed by atoms with van der Waals surface area (Å²) in [4.78, 5) is 29.1. The SMILES string of the molecule is O=C(c1cccs1)C1c2ccccc2-c2ccccc2N1C(=O)c1ccco1. The Bertz CT molecular complexity index is 1070. The van der Waals surface area contributed by atoms with Gasteiger partial charge in [-0.1, -0.05) is 48.5 Å². The highest BCUT2D eigenvalue weighted by Crippen LogP contribution is 2.46. The van der Waals surface area contributed by atoms with Crippen molar-refractivity contribution >= 4 is 28.7 Å². The number of amides is 1. The van der Waals surface area contributed by atoms with Crippen molar-refractivity contribution < 1.29 is 14.0 Å². The van der Waals surface area contributed by atoms with Crippen molar-refractivity contribution in [2.75, 3.05) is 4.90 Å². The van der Waals surface area contributed by atoms with Gasteiger partial charge in [0.05, 0.1) is 16.8 Å². The number of Topliss-reactive ketones (excluding diaryl/α,β-unsaturated/α-hetero) is 1. The first-order valence-corrected chi connectivity index (χ1v) is 9.77. The zero-order valence-corrected chi connectivity index (χ0v) is 15.6. The molecule has 4 nitrogen and oxygen atoms in total. The number of ketones is 1. The first-order chi connectivity index (χ1) is 13.8. The molecule has 0 bridgehead atoms. The minimum absolute atomic E-state index is 0.100. The van der Waals surface area contributed by atoms with Crippen molar-refractivity contribution in [1.29, 1.82) is 0 Å². The van der Waals surface area contributed by atoms with Crippen LogP contribution in [-0.2, 0) is 0 Å². The van der Waals surface area contributed by atoms with E-state index in [4.69, 9.17) is 4.42 Å². The number of para-hydroxylation sites is 1. The maximum Gasteiger partial charge on any atom is 0.294 e. The van der Waals surface area contributed by atoms with E-state index in [9.17, 15) is 9.59 Å². The molecule has 0 saturated carbocycles. The highest BCUT2D eigenvalue weighted by atomic mass is 32.1. The van der Waals surface area contributed by atoms with Gasteiger partial charge in [0.1, 0.15) is 6.04 Å². The number of nitrogens with zero attached hydrogens (tertiary/aromatic N) is 1. The average Bonchev–Trinajstić information content (AvgIpc) is 3.46. The number of hydrogen-bond acceptors (Lipinski definition) is 4. The summed E-state index contributed by atoms with van der Waals surface area (Å²) in [6.07, 6.45) is 1.47. The highest BCUT2D eigenvalue weighted by molar-refractivity contribution is 7.12. The lowest BCUT2D eigenvalue weighted by molar-refractivity contribution is 0.0884. The van der Waals surface area contributed by atoms with Crippen molar-refractivity contribution in [2.24, 2.45) is 0 Å². The molecule has 1 unspecified atom stereocenters. The van der Waals surface area contributed by atoms with Gasteiger partial charge < -0.3 is 4.42 Å². The molecule has 5 rings (SSSR count). The second-order valence-corrected chi connectivity index (χ2v) is 7.45. The Hall–Kier alpha value is -3.44. The standard InChI is InChI=1S/C23H15NO3S/c25-22(20-12-6-14-28-20)21-17-9-2-1-7-15(17)16-8-3-4-10-18(16)24(21)23(26)19-11-5-13-27-19/h1-14,21H. The van der Waals surface area contributed by atoms with Gasteiger partial charge in [-0.3, -0.25) is 14.5 Å². The van der Waals surface area contributed by atoms with Crippen molar-refractivity contribution in [3.8, 4) is 11.1 Å². The Balaban J connectivity index is 1.76. The fourth-order valence-electron chi connectivity index (χ4n) is 3.73. The van der Waals surface area contributed by atoms with E-state index >= 15 is 0 Å². The average molecular weight is 385 g/mol. The Morgan fingerprint density at radius 3 is 2.39 bits per heavy atom. The molecule has 5 heteroatoms. The van der Waals surface area contributed by atoms with E-state index in [2.05, 4.69) is 0 Å². The lowest BCUT2D eigenvalue weighted by Gasteiger charge is -2.37. The molecule has 2 aromatic carbocycles. The molecule has 1 amide bonds. The second kappa shape index (κ2) is 6.62. The van der Waals surface area contributed by atoms with Crippen LogP contribution in [0.5, 0.6) is 0 Å². The monoisotopic (exact) mass is 385 g/mol. The number of carbonyl (C=O) groups excluding carboxylic acids is 2. The molecule has 2 aromatic heterocycles. The summed E-state index contributed by atoms with van der Waals surface area (Å²) in [7, 11) is 0. The molecule has 0 aliphatic carbocycles. The van der Waals surface area contributed by atoms with E-state index in [0.29, 0.717) is 10.6 Å². The molecular weight excluding hydrogens is 370 g/mol. The van der Waals surface area contributed by atoms with E-state index in [1.807, 2.05) is 60.0 Å². The molecule has 0 saturated heterocycles. The maximum absolute atomic E-state index is 13.5. The van der Waals surface area contributed by atoms with Crippen LogP contribution >= 0.6 is 11.3 Å². The number of rotatable bonds is 3. The first-order valence-electron chi connectivity index (χ1n) is 8.89. The number of thiophene rings is 1. The van der Waals surface area contributed by atoms with E-state index in [-0.39, 0.29) is 17.5 Å². The van der Waals surface area contributed by atoms with Crippen molar-refractivity contribution in [1.82, 2.24) is 0 Å². The van der Waals surface area contributed by atoms with Crippen LogP contribution in [-0.4, -0.2) is 11.7 Å². The Morgan fingerprint density at radius 1 is 0.857 bits per heavy atom. The van der Waals surface area contributed by atoms with Crippen molar-refractivity contribution in [3.05, 3.63) is 101 Å². The zero-order valence-electron chi connectivity index (χ0n) is 14.7. The zero-order chi connectivity index (χ0) is 19.1. The van der Waals surface area contributed by atoms with Crippen LogP contribution in [0.15, 0.2) is 88.9 Å². The number of furan rings is 1. The Morgan fingerprint density at radius 2 is 1.64 bits per heavy atom. The molecule has 0 radical (unpaired) electrons. The third-order valence-corrected chi connectivity index (χ3v) is 5.81. The predicted molar refractivity (Wildman–Crippen MR) is 109 cm³/mol. The van der Waals surface area contributed by atoms with Crippen molar-refractivity contribution in [2.45, 2.75) is 6.04 Å². The van der Waals surface area contributed by atoms with Gasteiger partial charge in [-0.05, 0) is 40.8 Å². The summed E-state index contributed by atoms with van der Waals surface area (Å²) in [6, 6.07) is 21.6. The summed E-state index contributed by atoms with van der Waals surface area (Å²) in [5, 5.41) is 1.87. The van der Waals surface area contributed by atoms with Gasteiger partial charge in [0, 0.05) is 5.56 Å². The van der Waals surface area contributed by atoms with Crippen LogP contribution in [0.4, 0.5) is 5.69 Å². The molecular formula is C23H15NO3S. The summed E-state index contributed by atoms with van der Waals surface area (Å²) < 4.78 is 5.37. The summed E-state index contributed by atoms with van der Waals surface area (Å²) >= 11 is 1.38.